The van der Waals surface area contributed by atoms with Gasteiger partial charge in [-0.05, 0) is 73.1 Å². The molecule has 3 aromatic rings. The van der Waals surface area contributed by atoms with Crippen LogP contribution in [-0.4, -0.2) is 45.8 Å². The van der Waals surface area contributed by atoms with E-state index < -0.39 is 51.9 Å². The van der Waals surface area contributed by atoms with E-state index in [2.05, 4.69) is 15.3 Å². The maximum atomic E-state index is 14.9. The maximum Gasteiger partial charge on any atom is 0.274 e. The van der Waals surface area contributed by atoms with Crippen LogP contribution in [0.2, 0.25) is 0 Å². The van der Waals surface area contributed by atoms with Gasteiger partial charge in [-0.1, -0.05) is 6.92 Å². The number of halogens is 4. The van der Waals surface area contributed by atoms with E-state index in [4.69, 9.17) is 10.5 Å². The quantitative estimate of drug-likeness (QED) is 0.405. The molecule has 0 unspecified atom stereocenters. The topological polar surface area (TPSA) is 110 Å². The molecule has 2 aromatic heterocycles. The summed E-state index contributed by atoms with van der Waals surface area (Å²) in [5.41, 5.74) is 2.23. The lowest BCUT2D eigenvalue weighted by Crippen LogP contribution is -2.54. The van der Waals surface area contributed by atoms with Gasteiger partial charge >= 0.3 is 0 Å². The van der Waals surface area contributed by atoms with E-state index in [1.165, 1.54) is 6.20 Å². The van der Waals surface area contributed by atoms with Gasteiger partial charge in [-0.25, -0.2) is 22.5 Å². The lowest BCUT2D eigenvalue weighted by molar-refractivity contribution is -0.135. The summed E-state index contributed by atoms with van der Waals surface area (Å²) in [5, 5.41) is 13.4. The number of nitrogens with zero attached hydrogens (tertiary/aromatic N) is 2. The van der Waals surface area contributed by atoms with Crippen LogP contribution in [0.4, 0.5) is 23.2 Å². The van der Waals surface area contributed by atoms with Gasteiger partial charge in [0.15, 0.2) is 5.67 Å². The molecule has 206 valence electrons. The van der Waals surface area contributed by atoms with Gasteiger partial charge in [0.2, 0.25) is 0 Å². The third-order valence-corrected chi connectivity index (χ3v) is 8.00. The first-order valence-corrected chi connectivity index (χ1v) is 12.6. The lowest BCUT2D eigenvalue weighted by atomic mass is 9.68. The van der Waals surface area contributed by atoms with Crippen molar-refractivity contribution in [3.8, 4) is 11.3 Å². The van der Waals surface area contributed by atoms with Gasteiger partial charge in [0.1, 0.15) is 28.8 Å². The first kappa shape index (κ1) is 27.2. The van der Waals surface area contributed by atoms with E-state index in [1.54, 1.807) is 19.2 Å². The number of hydrogen-bond donors (Lipinski definition) is 3. The highest BCUT2D eigenvalue weighted by atomic mass is 19.2. The Hall–Kier alpha value is -3.41. The normalized spacial score (nSPS) is 26.1. The number of aromatic nitrogens is 2. The van der Waals surface area contributed by atoms with E-state index in [0.29, 0.717) is 18.5 Å². The SMILES string of the molecule is C[C@H]1C[C@@H](c2ccncc2NC(=O)c2ccc(F)c(-c3c(F)cc(C4(F)COC4)cc3F)n2)C[C@@H](N)[C@]1(C)O. The molecule has 1 saturated carbocycles. The van der Waals surface area contributed by atoms with E-state index in [-0.39, 0.29) is 36.3 Å². The Labute approximate surface area is 222 Å². The molecule has 0 bridgehead atoms. The molecule has 0 spiro atoms. The Bertz CT molecular complexity index is 1390. The Morgan fingerprint density at radius 2 is 1.82 bits per heavy atom. The van der Waals surface area contributed by atoms with Crippen LogP contribution in [0, 0.1) is 23.4 Å². The predicted octanol–water partition coefficient (Wildman–Crippen LogP) is 4.60. The number of alkyl halides is 1. The number of benzene rings is 1. The third-order valence-electron chi connectivity index (χ3n) is 8.00. The van der Waals surface area contributed by atoms with Gasteiger partial charge in [0.05, 0.1) is 36.3 Å². The molecule has 7 nitrogen and oxygen atoms in total. The highest BCUT2D eigenvalue weighted by molar-refractivity contribution is 6.03. The Morgan fingerprint density at radius 1 is 1.13 bits per heavy atom. The number of nitrogens with two attached hydrogens (primary N) is 1. The second-order valence-corrected chi connectivity index (χ2v) is 10.6. The number of amides is 1. The maximum absolute atomic E-state index is 14.9. The molecule has 2 fully saturated rings. The summed E-state index contributed by atoms with van der Waals surface area (Å²) >= 11 is 0. The molecule has 2 aliphatic rings. The zero-order valence-electron chi connectivity index (χ0n) is 21.3. The van der Waals surface area contributed by atoms with E-state index in [9.17, 15) is 27.5 Å². The standard InChI is InChI=1S/C28H28F4N4O3/c1-14-7-15(8-23(33)27(14,2)38)17-5-6-34-11-22(17)36-26(37)21-4-3-18(29)25(35-21)24-19(30)9-16(10-20(24)31)28(32)12-39-13-28/h3-6,9-11,14-15,23,38H,7-8,12-13,33H2,1-2H3,(H,36,37)/t14-,15+,23+,27+/m0/s1. The van der Waals surface area contributed by atoms with Crippen LogP contribution in [0.3, 0.4) is 0 Å². The molecule has 39 heavy (non-hydrogen) atoms. The lowest BCUT2D eigenvalue weighted by Gasteiger charge is -2.44. The van der Waals surface area contributed by atoms with Gasteiger partial charge < -0.3 is 20.9 Å². The summed E-state index contributed by atoms with van der Waals surface area (Å²) in [6.45, 7) is 2.94. The smallest absolute Gasteiger partial charge is 0.274 e. The average molecular weight is 545 g/mol. The highest BCUT2D eigenvalue weighted by Gasteiger charge is 2.43. The van der Waals surface area contributed by atoms with Crippen LogP contribution >= 0.6 is 0 Å². The molecule has 11 heteroatoms. The van der Waals surface area contributed by atoms with Crippen LogP contribution in [0.5, 0.6) is 0 Å². The summed E-state index contributed by atoms with van der Waals surface area (Å²) in [6.07, 6.45) is 4.13. The number of hydrogen-bond acceptors (Lipinski definition) is 6. The molecule has 1 amide bonds. The fourth-order valence-corrected chi connectivity index (χ4v) is 5.23. The van der Waals surface area contributed by atoms with Gasteiger partial charge in [-0.3, -0.25) is 9.78 Å². The minimum Gasteiger partial charge on any atom is -0.388 e. The summed E-state index contributed by atoms with van der Waals surface area (Å²) in [5.74, 6) is -4.43. The van der Waals surface area contributed by atoms with Gasteiger partial charge in [-0.15, -0.1) is 0 Å². The molecule has 1 aromatic carbocycles. The summed E-state index contributed by atoms with van der Waals surface area (Å²) in [4.78, 5) is 21.1. The van der Waals surface area contributed by atoms with Gasteiger partial charge in [0.25, 0.3) is 5.91 Å². The predicted molar refractivity (Wildman–Crippen MR) is 135 cm³/mol. The monoisotopic (exact) mass is 544 g/mol. The molecule has 1 aliphatic heterocycles. The average Bonchev–Trinajstić information content (AvgIpc) is 2.86. The molecule has 4 N–H and O–H groups in total. The fraction of sp³-hybridized carbons (Fsp3) is 0.393. The number of carbonyl (C=O) groups is 1. The Kier molecular flexibility index (Phi) is 6.94. The van der Waals surface area contributed by atoms with Crippen LogP contribution < -0.4 is 11.1 Å². The molecular formula is C28H28F4N4O3. The molecular weight excluding hydrogens is 516 g/mol. The number of carbonyl (C=O) groups excluding carboxylic acids is 1. The number of anilines is 1. The molecule has 4 atom stereocenters. The van der Waals surface area contributed by atoms with Crippen molar-refractivity contribution in [2.75, 3.05) is 18.5 Å². The number of pyridine rings is 2. The van der Waals surface area contributed by atoms with Crippen molar-refractivity contribution in [3.05, 3.63) is 77.0 Å². The molecule has 0 radical (unpaired) electrons. The largest absolute Gasteiger partial charge is 0.388 e. The molecule has 5 rings (SSSR count). The Balaban J connectivity index is 1.43. The minimum atomic E-state index is -2.02. The minimum absolute atomic E-state index is 0.0770. The third kappa shape index (κ3) is 4.90. The fourth-order valence-electron chi connectivity index (χ4n) is 5.23. The highest BCUT2D eigenvalue weighted by Crippen LogP contribution is 2.43. The van der Waals surface area contributed by atoms with Crippen LogP contribution in [0.1, 0.15) is 54.2 Å². The van der Waals surface area contributed by atoms with Crippen LogP contribution in [0.15, 0.2) is 42.7 Å². The number of rotatable bonds is 5. The Morgan fingerprint density at radius 3 is 2.44 bits per heavy atom. The second kappa shape index (κ2) is 9.96. The van der Waals surface area contributed by atoms with Crippen molar-refractivity contribution in [3.63, 3.8) is 0 Å². The number of ether oxygens (including phenoxy) is 1. The second-order valence-electron chi connectivity index (χ2n) is 10.6. The summed E-state index contributed by atoms with van der Waals surface area (Å²) in [6, 6.07) is 4.81. The van der Waals surface area contributed by atoms with E-state index in [0.717, 1.165) is 29.8 Å². The zero-order chi connectivity index (χ0) is 28.1. The van der Waals surface area contributed by atoms with Crippen LogP contribution in [-0.2, 0) is 10.4 Å². The number of aliphatic hydroxyl groups is 1. The van der Waals surface area contributed by atoms with Crippen LogP contribution in [0.25, 0.3) is 11.3 Å². The van der Waals surface area contributed by atoms with Crippen molar-refractivity contribution >= 4 is 11.6 Å². The van der Waals surface area contributed by atoms with Crippen molar-refractivity contribution < 1.29 is 32.2 Å². The van der Waals surface area contributed by atoms with E-state index >= 15 is 0 Å². The summed E-state index contributed by atoms with van der Waals surface area (Å²) < 4.78 is 64.0. The first-order valence-electron chi connectivity index (χ1n) is 12.6. The molecule has 1 saturated heterocycles. The van der Waals surface area contributed by atoms with Gasteiger partial charge in [-0.2, -0.15) is 0 Å². The first-order chi connectivity index (χ1) is 18.4. The van der Waals surface area contributed by atoms with Crippen molar-refractivity contribution in [2.45, 2.75) is 49.9 Å². The number of nitrogens with one attached hydrogen (secondary N) is 1. The molecule has 1 aliphatic carbocycles. The summed E-state index contributed by atoms with van der Waals surface area (Å²) in [7, 11) is 0. The van der Waals surface area contributed by atoms with Crippen molar-refractivity contribution in [1.29, 1.82) is 0 Å². The molecule has 3 heterocycles. The van der Waals surface area contributed by atoms with Crippen molar-refractivity contribution in [1.82, 2.24) is 9.97 Å². The van der Waals surface area contributed by atoms with E-state index in [1.807, 2.05) is 6.92 Å². The van der Waals surface area contributed by atoms with Crippen molar-refractivity contribution in [2.24, 2.45) is 11.7 Å². The van der Waals surface area contributed by atoms with Gasteiger partial charge in [0, 0.05) is 12.2 Å². The zero-order valence-corrected chi connectivity index (χ0v) is 21.3.